The highest BCUT2D eigenvalue weighted by molar-refractivity contribution is 7.98. The molecule has 13 heavy (non-hydrogen) atoms. The van der Waals surface area contributed by atoms with E-state index in [4.69, 9.17) is 10.8 Å². The van der Waals surface area contributed by atoms with E-state index in [0.717, 1.165) is 22.8 Å². The maximum Gasteiger partial charge on any atom is 0.374 e. The number of fused-ring (bicyclic) bond motifs is 1. The van der Waals surface area contributed by atoms with Gasteiger partial charge in [0.2, 0.25) is 5.82 Å². The van der Waals surface area contributed by atoms with Crippen molar-refractivity contribution in [2.24, 2.45) is 0 Å². The van der Waals surface area contributed by atoms with Crippen LogP contribution in [-0.2, 0) is 11.5 Å². The number of nitrogens with two attached hydrogens (primary N) is 1. The number of rotatable bonds is 1. The van der Waals surface area contributed by atoms with Gasteiger partial charge in [-0.05, 0) is 0 Å². The lowest BCUT2D eigenvalue weighted by Crippen LogP contribution is -2.10. The topological polar surface area (TPSA) is 89.1 Å². The van der Waals surface area contributed by atoms with E-state index in [0.29, 0.717) is 5.82 Å². The molecule has 5 nitrogen and oxygen atoms in total. The van der Waals surface area contributed by atoms with Crippen LogP contribution in [0.1, 0.15) is 21.9 Å². The number of thioether (sulfide) groups is 1. The van der Waals surface area contributed by atoms with Crippen LogP contribution in [0.2, 0.25) is 0 Å². The normalized spacial score (nSPS) is 14.2. The summed E-state index contributed by atoms with van der Waals surface area (Å²) >= 11 is 1.66. The molecule has 1 aromatic rings. The number of aromatic nitrogens is 2. The molecule has 0 saturated carbocycles. The van der Waals surface area contributed by atoms with Crippen LogP contribution in [0.25, 0.3) is 0 Å². The number of nitrogens with zero attached hydrogens (tertiary/aromatic N) is 2. The predicted octanol–water partition coefficient (Wildman–Crippen LogP) is 0.504. The van der Waals surface area contributed by atoms with Gasteiger partial charge in [-0.2, -0.15) is 11.8 Å². The van der Waals surface area contributed by atoms with Gasteiger partial charge >= 0.3 is 5.97 Å². The summed E-state index contributed by atoms with van der Waals surface area (Å²) in [5, 5.41) is 8.65. The van der Waals surface area contributed by atoms with E-state index in [1.165, 1.54) is 0 Å². The molecule has 0 aliphatic carbocycles. The van der Waals surface area contributed by atoms with Gasteiger partial charge in [0.25, 0.3) is 0 Å². The number of carboxylic acid groups (broad SMARTS) is 1. The number of nitrogen functional groups attached to an aromatic ring is 1. The Morgan fingerprint density at radius 1 is 1.46 bits per heavy atom. The highest BCUT2D eigenvalue weighted by Gasteiger charge is 2.20. The Bertz CT molecular complexity index is 380. The van der Waals surface area contributed by atoms with Crippen molar-refractivity contribution >= 4 is 23.5 Å². The van der Waals surface area contributed by atoms with Gasteiger partial charge in [-0.3, -0.25) is 0 Å². The van der Waals surface area contributed by atoms with Gasteiger partial charge in [0, 0.05) is 17.1 Å². The third kappa shape index (κ3) is 1.33. The molecule has 0 unspecified atom stereocenters. The summed E-state index contributed by atoms with van der Waals surface area (Å²) in [7, 11) is 0. The molecule has 1 aliphatic rings. The molecule has 0 spiro atoms. The number of hydrogen-bond acceptors (Lipinski definition) is 5. The Morgan fingerprint density at radius 3 is 2.92 bits per heavy atom. The standard InChI is InChI=1S/C7H7N3O2S/c8-5-3-1-13-2-4(3)9-6(10-5)7(11)12/h1-2H2,(H,11,12)(H2,8,9,10). The minimum atomic E-state index is -1.13. The molecule has 6 heteroatoms. The summed E-state index contributed by atoms with van der Waals surface area (Å²) < 4.78 is 0. The SMILES string of the molecule is Nc1nc(C(=O)O)nc2c1CSC2. The molecule has 0 atom stereocenters. The number of aromatic carboxylic acids is 1. The van der Waals surface area contributed by atoms with Gasteiger partial charge in [0.1, 0.15) is 5.82 Å². The summed E-state index contributed by atoms with van der Waals surface area (Å²) in [5.41, 5.74) is 7.23. The number of carbonyl (C=O) groups is 1. The minimum Gasteiger partial charge on any atom is -0.475 e. The predicted molar refractivity (Wildman–Crippen MR) is 48.4 cm³/mol. The van der Waals surface area contributed by atoms with Crippen molar-refractivity contribution in [3.63, 3.8) is 0 Å². The van der Waals surface area contributed by atoms with Crippen molar-refractivity contribution in [2.45, 2.75) is 11.5 Å². The molecule has 0 radical (unpaired) electrons. The Hall–Kier alpha value is -1.30. The minimum absolute atomic E-state index is 0.209. The second kappa shape index (κ2) is 2.88. The Balaban J connectivity index is 2.55. The monoisotopic (exact) mass is 197 g/mol. The smallest absolute Gasteiger partial charge is 0.374 e. The molecule has 3 N–H and O–H groups in total. The van der Waals surface area contributed by atoms with E-state index in [1.807, 2.05) is 0 Å². The van der Waals surface area contributed by atoms with E-state index < -0.39 is 5.97 Å². The van der Waals surface area contributed by atoms with Crippen LogP contribution in [0.4, 0.5) is 5.82 Å². The Morgan fingerprint density at radius 2 is 2.23 bits per heavy atom. The van der Waals surface area contributed by atoms with Crippen molar-refractivity contribution in [2.75, 3.05) is 5.73 Å². The second-order valence-corrected chi connectivity index (χ2v) is 3.64. The van der Waals surface area contributed by atoms with Crippen LogP contribution in [0.3, 0.4) is 0 Å². The molecule has 0 amide bonds. The van der Waals surface area contributed by atoms with E-state index >= 15 is 0 Å². The van der Waals surface area contributed by atoms with Crippen LogP contribution < -0.4 is 5.73 Å². The van der Waals surface area contributed by atoms with Gasteiger partial charge < -0.3 is 10.8 Å². The molecular formula is C7H7N3O2S. The van der Waals surface area contributed by atoms with Crippen LogP contribution in [-0.4, -0.2) is 21.0 Å². The number of anilines is 1. The summed E-state index contributed by atoms with van der Waals surface area (Å²) in [6.07, 6.45) is 0. The molecule has 68 valence electrons. The number of hydrogen-bond donors (Lipinski definition) is 2. The summed E-state index contributed by atoms with van der Waals surface area (Å²) in [5.74, 6) is 0.459. The van der Waals surface area contributed by atoms with Crippen molar-refractivity contribution in [1.82, 2.24) is 9.97 Å². The first-order chi connectivity index (χ1) is 6.18. The fraction of sp³-hybridized carbons (Fsp3) is 0.286. The molecule has 0 bridgehead atoms. The Kier molecular flexibility index (Phi) is 1.84. The second-order valence-electron chi connectivity index (χ2n) is 2.66. The fourth-order valence-electron chi connectivity index (χ4n) is 1.17. The zero-order chi connectivity index (χ0) is 9.42. The molecular weight excluding hydrogens is 190 g/mol. The molecule has 1 aliphatic heterocycles. The van der Waals surface area contributed by atoms with Crippen molar-refractivity contribution < 1.29 is 9.90 Å². The van der Waals surface area contributed by atoms with Crippen LogP contribution >= 0.6 is 11.8 Å². The van der Waals surface area contributed by atoms with Gasteiger partial charge in [-0.1, -0.05) is 0 Å². The molecule has 0 fully saturated rings. The maximum atomic E-state index is 10.6. The quantitative estimate of drug-likeness (QED) is 0.681. The summed E-state index contributed by atoms with van der Waals surface area (Å²) in [6.45, 7) is 0. The first-order valence-electron chi connectivity index (χ1n) is 3.65. The highest BCUT2D eigenvalue weighted by atomic mass is 32.2. The molecule has 1 aromatic heterocycles. The van der Waals surface area contributed by atoms with Crippen molar-refractivity contribution in [1.29, 1.82) is 0 Å². The van der Waals surface area contributed by atoms with E-state index in [9.17, 15) is 4.79 Å². The average Bonchev–Trinajstić information content (AvgIpc) is 2.51. The lowest BCUT2D eigenvalue weighted by molar-refractivity contribution is 0.0683. The first-order valence-corrected chi connectivity index (χ1v) is 4.80. The Labute approximate surface area is 78.4 Å². The number of carboxylic acids is 1. The third-order valence-electron chi connectivity index (χ3n) is 1.80. The van der Waals surface area contributed by atoms with E-state index in [1.54, 1.807) is 11.8 Å². The van der Waals surface area contributed by atoms with Gasteiger partial charge in [-0.25, -0.2) is 14.8 Å². The van der Waals surface area contributed by atoms with Crippen LogP contribution in [0, 0.1) is 0 Å². The highest BCUT2D eigenvalue weighted by Crippen LogP contribution is 2.31. The molecule has 2 rings (SSSR count). The summed E-state index contributed by atoms with van der Waals surface area (Å²) in [6, 6.07) is 0. The first kappa shape index (κ1) is 8.31. The lowest BCUT2D eigenvalue weighted by atomic mass is 10.2. The lowest BCUT2D eigenvalue weighted by Gasteiger charge is -2.01. The largest absolute Gasteiger partial charge is 0.475 e. The molecule has 2 heterocycles. The van der Waals surface area contributed by atoms with Crippen molar-refractivity contribution in [3.05, 3.63) is 17.1 Å². The molecule has 0 aromatic carbocycles. The van der Waals surface area contributed by atoms with Gasteiger partial charge in [0.15, 0.2) is 0 Å². The average molecular weight is 197 g/mol. The van der Waals surface area contributed by atoms with E-state index in [-0.39, 0.29) is 5.82 Å². The summed E-state index contributed by atoms with van der Waals surface area (Å²) in [4.78, 5) is 18.2. The fourth-order valence-corrected chi connectivity index (χ4v) is 2.22. The maximum absolute atomic E-state index is 10.6. The van der Waals surface area contributed by atoms with Crippen LogP contribution in [0.5, 0.6) is 0 Å². The van der Waals surface area contributed by atoms with Crippen molar-refractivity contribution in [3.8, 4) is 0 Å². The van der Waals surface area contributed by atoms with Crippen LogP contribution in [0.15, 0.2) is 0 Å². The molecule has 0 saturated heterocycles. The van der Waals surface area contributed by atoms with Gasteiger partial charge in [-0.15, -0.1) is 0 Å². The van der Waals surface area contributed by atoms with Gasteiger partial charge in [0.05, 0.1) is 5.69 Å². The van der Waals surface area contributed by atoms with E-state index in [2.05, 4.69) is 9.97 Å². The third-order valence-corrected chi connectivity index (χ3v) is 2.77. The zero-order valence-corrected chi connectivity index (χ0v) is 7.47. The zero-order valence-electron chi connectivity index (χ0n) is 6.65.